The highest BCUT2D eigenvalue weighted by molar-refractivity contribution is 5.11. The fraction of sp³-hybridized carbons (Fsp3) is 0.308. The van der Waals surface area contributed by atoms with Crippen molar-refractivity contribution in [2.24, 2.45) is 0 Å². The Balaban J connectivity index is 1.76. The summed E-state index contributed by atoms with van der Waals surface area (Å²) in [4.78, 5) is 4.09. The van der Waals surface area contributed by atoms with Crippen LogP contribution >= 0.6 is 0 Å². The van der Waals surface area contributed by atoms with Crippen molar-refractivity contribution < 1.29 is 4.42 Å². The SMILES string of the molecule is CC(NCCc1cccnc1)c1ccoc1. The van der Waals surface area contributed by atoms with Crippen molar-refractivity contribution in [2.45, 2.75) is 19.4 Å². The summed E-state index contributed by atoms with van der Waals surface area (Å²) >= 11 is 0. The van der Waals surface area contributed by atoms with E-state index in [4.69, 9.17) is 4.42 Å². The summed E-state index contributed by atoms with van der Waals surface area (Å²) in [6, 6.07) is 6.38. The van der Waals surface area contributed by atoms with Crippen LogP contribution in [0.2, 0.25) is 0 Å². The molecule has 0 saturated carbocycles. The summed E-state index contributed by atoms with van der Waals surface area (Å²) in [5, 5.41) is 3.45. The minimum absolute atomic E-state index is 0.329. The third-order valence-electron chi connectivity index (χ3n) is 2.63. The first-order valence-electron chi connectivity index (χ1n) is 5.50. The highest BCUT2D eigenvalue weighted by atomic mass is 16.3. The molecule has 0 aliphatic rings. The van der Waals surface area contributed by atoms with E-state index in [0.29, 0.717) is 6.04 Å². The van der Waals surface area contributed by atoms with E-state index in [9.17, 15) is 0 Å². The molecule has 2 aromatic rings. The standard InChI is InChI=1S/C13H16N2O/c1-11(13-5-8-16-10-13)15-7-4-12-3-2-6-14-9-12/h2-3,5-6,8-11,15H,4,7H2,1H3. The van der Waals surface area contributed by atoms with Crippen LogP contribution in [-0.4, -0.2) is 11.5 Å². The van der Waals surface area contributed by atoms with Gasteiger partial charge in [0.15, 0.2) is 0 Å². The third-order valence-corrected chi connectivity index (χ3v) is 2.63. The maximum Gasteiger partial charge on any atom is 0.0950 e. The van der Waals surface area contributed by atoms with Gasteiger partial charge in [0.05, 0.1) is 12.5 Å². The summed E-state index contributed by atoms with van der Waals surface area (Å²) in [6.45, 7) is 3.08. The van der Waals surface area contributed by atoms with Crippen LogP contribution in [0.1, 0.15) is 24.1 Å². The van der Waals surface area contributed by atoms with Gasteiger partial charge in [0.2, 0.25) is 0 Å². The lowest BCUT2D eigenvalue weighted by molar-refractivity contribution is 0.540. The second-order valence-electron chi connectivity index (χ2n) is 3.84. The molecule has 1 N–H and O–H groups in total. The molecule has 3 heteroatoms. The monoisotopic (exact) mass is 216 g/mol. The second kappa shape index (κ2) is 5.47. The van der Waals surface area contributed by atoms with Crippen LogP contribution < -0.4 is 5.32 Å². The lowest BCUT2D eigenvalue weighted by atomic mass is 10.1. The predicted octanol–water partition coefficient (Wildman–Crippen LogP) is 2.57. The molecule has 16 heavy (non-hydrogen) atoms. The number of hydrogen-bond acceptors (Lipinski definition) is 3. The van der Waals surface area contributed by atoms with E-state index in [1.54, 1.807) is 18.7 Å². The zero-order valence-corrected chi connectivity index (χ0v) is 9.39. The summed E-state index contributed by atoms with van der Waals surface area (Å²) in [7, 11) is 0. The topological polar surface area (TPSA) is 38.1 Å². The molecule has 0 bridgehead atoms. The Morgan fingerprint density at radius 1 is 1.44 bits per heavy atom. The average molecular weight is 216 g/mol. The van der Waals surface area contributed by atoms with E-state index < -0.39 is 0 Å². The number of rotatable bonds is 5. The van der Waals surface area contributed by atoms with E-state index in [2.05, 4.69) is 23.3 Å². The first kappa shape index (κ1) is 10.9. The van der Waals surface area contributed by atoms with Crippen molar-refractivity contribution in [2.75, 3.05) is 6.54 Å². The first-order chi connectivity index (χ1) is 7.86. The molecular formula is C13H16N2O. The largest absolute Gasteiger partial charge is 0.472 e. The lowest BCUT2D eigenvalue weighted by Crippen LogP contribution is -2.20. The van der Waals surface area contributed by atoms with Crippen molar-refractivity contribution in [1.82, 2.24) is 10.3 Å². The van der Waals surface area contributed by atoms with Crippen molar-refractivity contribution in [3.63, 3.8) is 0 Å². The molecule has 2 rings (SSSR count). The second-order valence-corrected chi connectivity index (χ2v) is 3.84. The minimum Gasteiger partial charge on any atom is -0.472 e. The number of pyridine rings is 1. The van der Waals surface area contributed by atoms with Crippen molar-refractivity contribution in [1.29, 1.82) is 0 Å². The van der Waals surface area contributed by atoms with Gasteiger partial charge in [-0.25, -0.2) is 0 Å². The number of hydrogen-bond donors (Lipinski definition) is 1. The fourth-order valence-electron chi connectivity index (χ4n) is 1.62. The average Bonchev–Trinajstić information content (AvgIpc) is 2.84. The molecule has 3 nitrogen and oxygen atoms in total. The quantitative estimate of drug-likeness (QED) is 0.834. The van der Waals surface area contributed by atoms with Gasteiger partial charge in [0.25, 0.3) is 0 Å². The van der Waals surface area contributed by atoms with Crippen LogP contribution in [0.4, 0.5) is 0 Å². The van der Waals surface area contributed by atoms with Gasteiger partial charge >= 0.3 is 0 Å². The van der Waals surface area contributed by atoms with Gasteiger partial charge < -0.3 is 9.73 Å². The molecule has 0 spiro atoms. The zero-order valence-electron chi connectivity index (χ0n) is 9.39. The van der Waals surface area contributed by atoms with Gasteiger partial charge in [-0.2, -0.15) is 0 Å². The van der Waals surface area contributed by atoms with Crippen molar-refractivity contribution in [3.05, 3.63) is 54.2 Å². The highest BCUT2D eigenvalue weighted by Gasteiger charge is 2.04. The van der Waals surface area contributed by atoms with Gasteiger partial charge in [-0.15, -0.1) is 0 Å². The van der Waals surface area contributed by atoms with Crippen LogP contribution in [-0.2, 0) is 6.42 Å². The summed E-state index contributed by atoms with van der Waals surface area (Å²) < 4.78 is 5.05. The molecule has 0 aliphatic carbocycles. The predicted molar refractivity (Wildman–Crippen MR) is 63.1 cm³/mol. The number of nitrogens with zero attached hydrogens (tertiary/aromatic N) is 1. The van der Waals surface area contributed by atoms with E-state index in [1.807, 2.05) is 18.3 Å². The Labute approximate surface area is 95.5 Å². The Morgan fingerprint density at radius 3 is 3.06 bits per heavy atom. The zero-order chi connectivity index (χ0) is 11.2. The summed E-state index contributed by atoms with van der Waals surface area (Å²) in [5.41, 5.74) is 2.44. The summed E-state index contributed by atoms with van der Waals surface area (Å²) in [6.07, 6.45) is 8.18. The molecule has 1 unspecified atom stereocenters. The number of furan rings is 1. The molecule has 0 saturated heterocycles. The highest BCUT2D eigenvalue weighted by Crippen LogP contribution is 2.11. The van der Waals surface area contributed by atoms with E-state index in [-0.39, 0.29) is 0 Å². The molecule has 0 radical (unpaired) electrons. The van der Waals surface area contributed by atoms with Gasteiger partial charge in [-0.1, -0.05) is 6.07 Å². The van der Waals surface area contributed by atoms with Crippen molar-refractivity contribution >= 4 is 0 Å². The molecular weight excluding hydrogens is 200 g/mol. The maximum atomic E-state index is 5.05. The van der Waals surface area contributed by atoms with Crippen LogP contribution in [0.3, 0.4) is 0 Å². The van der Waals surface area contributed by atoms with Gasteiger partial charge in [-0.3, -0.25) is 4.98 Å². The minimum atomic E-state index is 0.329. The Morgan fingerprint density at radius 2 is 2.38 bits per heavy atom. The molecule has 84 valence electrons. The Kier molecular flexibility index (Phi) is 3.72. The molecule has 0 amide bonds. The molecule has 0 fully saturated rings. The maximum absolute atomic E-state index is 5.05. The fourth-order valence-corrected chi connectivity index (χ4v) is 1.62. The third kappa shape index (κ3) is 2.94. The normalized spacial score (nSPS) is 12.6. The van der Waals surface area contributed by atoms with Crippen LogP contribution in [0, 0.1) is 0 Å². The van der Waals surface area contributed by atoms with E-state index in [1.165, 1.54) is 11.1 Å². The summed E-state index contributed by atoms with van der Waals surface area (Å²) in [5.74, 6) is 0. The molecule has 2 heterocycles. The number of nitrogens with one attached hydrogen (secondary N) is 1. The smallest absolute Gasteiger partial charge is 0.0950 e. The van der Waals surface area contributed by atoms with E-state index in [0.717, 1.165) is 13.0 Å². The molecule has 1 atom stereocenters. The Hall–Kier alpha value is -1.61. The Bertz CT molecular complexity index is 397. The number of aromatic nitrogens is 1. The first-order valence-corrected chi connectivity index (χ1v) is 5.50. The van der Waals surface area contributed by atoms with Gasteiger partial charge in [0.1, 0.15) is 0 Å². The van der Waals surface area contributed by atoms with Gasteiger partial charge in [0, 0.05) is 24.0 Å². The molecule has 2 aromatic heterocycles. The van der Waals surface area contributed by atoms with Crippen LogP contribution in [0.25, 0.3) is 0 Å². The van der Waals surface area contributed by atoms with Gasteiger partial charge in [-0.05, 0) is 37.6 Å². The lowest BCUT2D eigenvalue weighted by Gasteiger charge is -2.11. The van der Waals surface area contributed by atoms with Crippen LogP contribution in [0.5, 0.6) is 0 Å². The van der Waals surface area contributed by atoms with E-state index >= 15 is 0 Å². The molecule has 0 aliphatic heterocycles. The van der Waals surface area contributed by atoms with Crippen molar-refractivity contribution in [3.8, 4) is 0 Å². The van der Waals surface area contributed by atoms with Crippen LogP contribution in [0.15, 0.2) is 47.5 Å². The molecule has 0 aromatic carbocycles.